The zero-order valence-electron chi connectivity index (χ0n) is 16.4. The highest BCUT2D eigenvalue weighted by Gasteiger charge is 2.49. The van der Waals surface area contributed by atoms with Gasteiger partial charge in [0.15, 0.2) is 0 Å². The number of aromatic nitrogens is 2. The van der Waals surface area contributed by atoms with Crippen molar-refractivity contribution < 1.29 is 9.59 Å². The molecular weight excluding hydrogens is 352 g/mol. The molecule has 0 aromatic carbocycles. The first-order chi connectivity index (χ1) is 13.5. The standard InChI is InChI=1S/C22H26N4O2/c1-15-8-9-18(14-23-15)26-12-11-22(21(26)28)10-4-6-17(13-22)25-20(27)19-7-3-5-16(2)24-19/h3,5,7-9,14,17H,4,6,10-13H2,1-2H3,(H,25,27)/t17-,22+/m1/s1. The summed E-state index contributed by atoms with van der Waals surface area (Å²) in [4.78, 5) is 36.4. The minimum absolute atomic E-state index is 0.00334. The van der Waals surface area contributed by atoms with Crippen molar-refractivity contribution in [1.29, 1.82) is 0 Å². The van der Waals surface area contributed by atoms with Crippen LogP contribution in [0.5, 0.6) is 0 Å². The van der Waals surface area contributed by atoms with Gasteiger partial charge in [0, 0.05) is 24.0 Å². The molecule has 2 atom stereocenters. The van der Waals surface area contributed by atoms with Crippen molar-refractivity contribution in [1.82, 2.24) is 15.3 Å². The van der Waals surface area contributed by atoms with Gasteiger partial charge in [0.25, 0.3) is 5.91 Å². The summed E-state index contributed by atoms with van der Waals surface area (Å²) in [6.45, 7) is 4.52. The van der Waals surface area contributed by atoms with E-state index < -0.39 is 0 Å². The Morgan fingerprint density at radius 3 is 2.79 bits per heavy atom. The smallest absolute Gasteiger partial charge is 0.270 e. The maximum Gasteiger partial charge on any atom is 0.270 e. The third-order valence-corrected chi connectivity index (χ3v) is 6.02. The summed E-state index contributed by atoms with van der Waals surface area (Å²) in [6, 6.07) is 9.35. The molecule has 2 aromatic heterocycles. The van der Waals surface area contributed by atoms with Gasteiger partial charge >= 0.3 is 0 Å². The molecule has 2 aliphatic rings. The molecule has 2 aromatic rings. The van der Waals surface area contributed by atoms with Gasteiger partial charge in [0.05, 0.1) is 17.3 Å². The van der Waals surface area contributed by atoms with Gasteiger partial charge in [-0.1, -0.05) is 12.5 Å². The van der Waals surface area contributed by atoms with E-state index >= 15 is 0 Å². The van der Waals surface area contributed by atoms with E-state index in [1.54, 1.807) is 12.3 Å². The fourth-order valence-electron chi connectivity index (χ4n) is 4.52. The summed E-state index contributed by atoms with van der Waals surface area (Å²) in [5.41, 5.74) is 2.69. The highest BCUT2D eigenvalue weighted by Crippen LogP contribution is 2.46. The monoisotopic (exact) mass is 378 g/mol. The number of hydrogen-bond donors (Lipinski definition) is 1. The Morgan fingerprint density at radius 2 is 2.04 bits per heavy atom. The average Bonchev–Trinajstić information content (AvgIpc) is 2.98. The van der Waals surface area contributed by atoms with E-state index in [1.165, 1.54) is 0 Å². The Balaban J connectivity index is 1.46. The quantitative estimate of drug-likeness (QED) is 0.890. The van der Waals surface area contributed by atoms with Gasteiger partial charge in [-0.2, -0.15) is 0 Å². The third kappa shape index (κ3) is 3.51. The summed E-state index contributed by atoms with van der Waals surface area (Å²) in [5, 5.41) is 3.11. The van der Waals surface area contributed by atoms with E-state index in [9.17, 15) is 9.59 Å². The number of nitrogens with zero attached hydrogens (tertiary/aromatic N) is 3. The second kappa shape index (κ2) is 7.34. The predicted octanol–water partition coefficient (Wildman–Crippen LogP) is 3.19. The van der Waals surface area contributed by atoms with Crippen LogP contribution in [0.15, 0.2) is 36.5 Å². The number of carbonyl (C=O) groups is 2. The summed E-state index contributed by atoms with van der Waals surface area (Å²) < 4.78 is 0. The lowest BCUT2D eigenvalue weighted by atomic mass is 9.71. The lowest BCUT2D eigenvalue weighted by molar-refractivity contribution is -0.127. The maximum atomic E-state index is 13.3. The number of carbonyl (C=O) groups excluding carboxylic acids is 2. The minimum Gasteiger partial charge on any atom is -0.348 e. The molecule has 0 radical (unpaired) electrons. The normalized spacial score (nSPS) is 24.6. The molecule has 28 heavy (non-hydrogen) atoms. The van der Waals surface area contributed by atoms with Crippen LogP contribution in [-0.4, -0.2) is 34.4 Å². The predicted molar refractivity (Wildman–Crippen MR) is 107 cm³/mol. The summed E-state index contributed by atoms with van der Waals surface area (Å²) in [7, 11) is 0. The van der Waals surface area contributed by atoms with Crippen LogP contribution < -0.4 is 10.2 Å². The van der Waals surface area contributed by atoms with Crippen LogP contribution in [0.2, 0.25) is 0 Å². The second-order valence-corrected chi connectivity index (χ2v) is 8.08. The van der Waals surface area contributed by atoms with Crippen LogP contribution in [0, 0.1) is 19.3 Å². The lowest BCUT2D eigenvalue weighted by Crippen LogP contribution is -2.46. The first kappa shape index (κ1) is 18.6. The highest BCUT2D eigenvalue weighted by molar-refractivity contribution is 6.00. The number of pyridine rings is 2. The molecule has 0 unspecified atom stereocenters. The molecule has 1 saturated carbocycles. The van der Waals surface area contributed by atoms with Gasteiger partial charge < -0.3 is 10.2 Å². The third-order valence-electron chi connectivity index (χ3n) is 6.02. The largest absolute Gasteiger partial charge is 0.348 e. The van der Waals surface area contributed by atoms with Crippen LogP contribution in [-0.2, 0) is 4.79 Å². The van der Waals surface area contributed by atoms with Gasteiger partial charge in [-0.25, -0.2) is 4.98 Å². The molecule has 1 aliphatic heterocycles. The first-order valence-electron chi connectivity index (χ1n) is 9.96. The number of rotatable bonds is 3. The Kier molecular flexibility index (Phi) is 4.87. The zero-order valence-corrected chi connectivity index (χ0v) is 16.4. The summed E-state index contributed by atoms with van der Waals surface area (Å²) in [5.74, 6) is 0.0153. The molecule has 1 saturated heterocycles. The van der Waals surface area contributed by atoms with Crippen molar-refractivity contribution in [2.75, 3.05) is 11.4 Å². The van der Waals surface area contributed by atoms with Crippen LogP contribution in [0.25, 0.3) is 0 Å². The minimum atomic E-state index is -0.374. The van der Waals surface area contributed by atoms with Gasteiger partial charge in [-0.15, -0.1) is 0 Å². The molecule has 146 valence electrons. The van der Waals surface area contributed by atoms with Gasteiger partial charge in [0.1, 0.15) is 5.69 Å². The Labute approximate surface area is 165 Å². The SMILES string of the molecule is Cc1ccc(N2CC[C@]3(CCC[C@@H](NC(=O)c4cccc(C)n4)C3)C2=O)cn1. The maximum absolute atomic E-state index is 13.3. The number of anilines is 1. The topological polar surface area (TPSA) is 75.2 Å². The van der Waals surface area contributed by atoms with Crippen LogP contribution in [0.4, 0.5) is 5.69 Å². The second-order valence-electron chi connectivity index (χ2n) is 8.08. The van der Waals surface area contributed by atoms with Crippen LogP contribution in [0.1, 0.15) is 54.0 Å². The van der Waals surface area contributed by atoms with Crippen LogP contribution in [0.3, 0.4) is 0 Å². The van der Waals surface area contributed by atoms with Crippen molar-refractivity contribution >= 4 is 17.5 Å². The number of nitrogens with one attached hydrogen (secondary N) is 1. The molecule has 1 spiro atoms. The van der Waals surface area contributed by atoms with E-state index in [0.29, 0.717) is 18.7 Å². The van der Waals surface area contributed by atoms with E-state index in [0.717, 1.165) is 42.8 Å². The molecule has 3 heterocycles. The fourth-order valence-corrected chi connectivity index (χ4v) is 4.52. The van der Waals surface area contributed by atoms with Crippen molar-refractivity contribution in [2.24, 2.45) is 5.41 Å². The summed E-state index contributed by atoms with van der Waals surface area (Å²) >= 11 is 0. The van der Waals surface area contributed by atoms with Gasteiger partial charge in [0.2, 0.25) is 5.91 Å². The molecule has 6 heteroatoms. The van der Waals surface area contributed by atoms with Gasteiger partial charge in [-0.05, 0) is 63.8 Å². The molecule has 1 N–H and O–H groups in total. The molecular formula is C22H26N4O2. The number of amides is 2. The zero-order chi connectivity index (χ0) is 19.7. The molecule has 2 amide bonds. The van der Waals surface area contributed by atoms with Crippen molar-refractivity contribution in [2.45, 2.75) is 52.0 Å². The van der Waals surface area contributed by atoms with Crippen molar-refractivity contribution in [3.8, 4) is 0 Å². The summed E-state index contributed by atoms with van der Waals surface area (Å²) in [6.07, 6.45) is 6.03. The van der Waals surface area contributed by atoms with Crippen molar-refractivity contribution in [3.63, 3.8) is 0 Å². The van der Waals surface area contributed by atoms with E-state index in [2.05, 4.69) is 15.3 Å². The highest BCUT2D eigenvalue weighted by atomic mass is 16.2. The molecule has 4 rings (SSSR count). The average molecular weight is 378 g/mol. The fraction of sp³-hybridized carbons (Fsp3) is 0.455. The van der Waals surface area contributed by atoms with E-state index in [-0.39, 0.29) is 23.3 Å². The van der Waals surface area contributed by atoms with E-state index in [1.807, 2.05) is 43.0 Å². The first-order valence-corrected chi connectivity index (χ1v) is 9.96. The Bertz CT molecular complexity index is 896. The Hall–Kier alpha value is -2.76. The molecule has 0 bridgehead atoms. The molecule has 1 aliphatic carbocycles. The number of aryl methyl sites for hydroxylation is 2. The van der Waals surface area contributed by atoms with Gasteiger partial charge in [-0.3, -0.25) is 14.6 Å². The Morgan fingerprint density at radius 1 is 1.18 bits per heavy atom. The van der Waals surface area contributed by atoms with E-state index in [4.69, 9.17) is 0 Å². The molecule has 2 fully saturated rings. The van der Waals surface area contributed by atoms with Crippen molar-refractivity contribution in [3.05, 3.63) is 53.6 Å². The lowest BCUT2D eigenvalue weighted by Gasteiger charge is -2.36. The molecule has 6 nitrogen and oxygen atoms in total. The van der Waals surface area contributed by atoms with Crippen LogP contribution >= 0.6 is 0 Å². The number of hydrogen-bond acceptors (Lipinski definition) is 4.